The summed E-state index contributed by atoms with van der Waals surface area (Å²) in [7, 11) is 0. The summed E-state index contributed by atoms with van der Waals surface area (Å²) in [6.07, 6.45) is 1.57. The number of carbonyl (C=O) groups is 1. The molecule has 0 saturated carbocycles. The van der Waals surface area contributed by atoms with Crippen molar-refractivity contribution in [3.63, 3.8) is 0 Å². The molecule has 6 heteroatoms. The highest BCUT2D eigenvalue weighted by atomic mass is 35.5. The summed E-state index contributed by atoms with van der Waals surface area (Å²) in [5.41, 5.74) is 2.47. The molecule has 19 heavy (non-hydrogen) atoms. The fraction of sp³-hybridized carbons (Fsp3) is 0.0769. The van der Waals surface area contributed by atoms with Gasteiger partial charge >= 0.3 is 0 Å². The topological polar surface area (TPSA) is 57.8 Å². The van der Waals surface area contributed by atoms with Gasteiger partial charge in [-0.05, 0) is 30.7 Å². The van der Waals surface area contributed by atoms with Gasteiger partial charge in [-0.25, -0.2) is 4.98 Å². The molecule has 2 N–H and O–H groups in total. The minimum atomic E-state index is -0.248. The second kappa shape index (κ2) is 4.68. The fourth-order valence-electron chi connectivity index (χ4n) is 1.75. The number of fused-ring (bicyclic) bond motifs is 1. The molecule has 4 nitrogen and oxygen atoms in total. The summed E-state index contributed by atoms with van der Waals surface area (Å²) in [6.45, 7) is 2.03. The molecule has 0 aliphatic carbocycles. The third-order valence-corrected chi connectivity index (χ3v) is 3.81. The molecule has 3 aromatic rings. The molecule has 0 aliphatic heterocycles. The number of carbonyl (C=O) groups excluding carboxylic acids is 1. The summed E-state index contributed by atoms with van der Waals surface area (Å²) >= 11 is 7.22. The molecule has 1 aromatic carbocycles. The molecule has 0 unspecified atom stereocenters. The lowest BCUT2D eigenvalue weighted by Gasteiger charge is -1.97. The Bertz CT molecular complexity index is 762. The molecule has 0 saturated heterocycles. The van der Waals surface area contributed by atoms with Crippen LogP contribution in [0.5, 0.6) is 0 Å². The number of H-pyrrole nitrogens is 1. The SMILES string of the molecule is Cc1ccc2nc(NC(=O)c3cc(Cl)c[nH]3)sc2c1. The zero-order chi connectivity index (χ0) is 13.4. The van der Waals surface area contributed by atoms with Crippen LogP contribution >= 0.6 is 22.9 Å². The van der Waals surface area contributed by atoms with Crippen molar-refractivity contribution in [1.82, 2.24) is 9.97 Å². The Morgan fingerprint density at radius 2 is 2.26 bits per heavy atom. The van der Waals surface area contributed by atoms with Crippen molar-refractivity contribution >= 4 is 44.2 Å². The number of aromatic amines is 1. The molecule has 3 rings (SSSR count). The normalized spacial score (nSPS) is 10.8. The first kappa shape index (κ1) is 12.2. The average Bonchev–Trinajstić information content (AvgIpc) is 2.94. The second-order valence-corrected chi connectivity index (χ2v) is 5.64. The van der Waals surface area contributed by atoms with Crippen molar-refractivity contribution in [1.29, 1.82) is 0 Å². The first-order valence-electron chi connectivity index (χ1n) is 5.64. The number of hydrogen-bond donors (Lipinski definition) is 2. The van der Waals surface area contributed by atoms with Gasteiger partial charge in [0.05, 0.1) is 15.2 Å². The number of aromatic nitrogens is 2. The van der Waals surface area contributed by atoms with E-state index in [0.717, 1.165) is 10.2 Å². The van der Waals surface area contributed by atoms with Crippen LogP contribution in [0.1, 0.15) is 16.1 Å². The van der Waals surface area contributed by atoms with Crippen LogP contribution in [0.2, 0.25) is 5.02 Å². The summed E-state index contributed by atoms with van der Waals surface area (Å²) in [5, 5.41) is 3.84. The van der Waals surface area contributed by atoms with Crippen LogP contribution in [0.15, 0.2) is 30.5 Å². The molecule has 0 spiro atoms. The number of amides is 1. The highest BCUT2D eigenvalue weighted by molar-refractivity contribution is 7.22. The summed E-state index contributed by atoms with van der Waals surface area (Å²) in [6, 6.07) is 7.57. The van der Waals surface area contributed by atoms with Crippen molar-refractivity contribution in [2.45, 2.75) is 6.92 Å². The maximum atomic E-state index is 11.9. The van der Waals surface area contributed by atoms with Crippen molar-refractivity contribution in [2.75, 3.05) is 5.32 Å². The minimum Gasteiger partial charge on any atom is -0.356 e. The Labute approximate surface area is 118 Å². The number of anilines is 1. The Kier molecular flexibility index (Phi) is 3.00. The van der Waals surface area contributed by atoms with Crippen molar-refractivity contribution in [3.8, 4) is 0 Å². The number of thiazole rings is 1. The second-order valence-electron chi connectivity index (χ2n) is 4.18. The van der Waals surface area contributed by atoms with Gasteiger partial charge in [0, 0.05) is 6.20 Å². The van der Waals surface area contributed by atoms with Crippen LogP contribution in [0.4, 0.5) is 5.13 Å². The van der Waals surface area contributed by atoms with E-state index in [2.05, 4.69) is 15.3 Å². The van der Waals surface area contributed by atoms with Crippen molar-refractivity contribution < 1.29 is 4.79 Å². The molecule has 0 radical (unpaired) electrons. The molecule has 96 valence electrons. The Balaban J connectivity index is 1.87. The van der Waals surface area contributed by atoms with Gasteiger partial charge in [-0.1, -0.05) is 29.0 Å². The van der Waals surface area contributed by atoms with Crippen LogP contribution < -0.4 is 5.32 Å². The summed E-state index contributed by atoms with van der Waals surface area (Å²) in [5.74, 6) is -0.248. The number of halogens is 1. The number of aryl methyl sites for hydroxylation is 1. The van der Waals surface area contributed by atoms with Gasteiger partial charge in [-0.3, -0.25) is 10.1 Å². The molecular weight excluding hydrogens is 282 g/mol. The van der Waals surface area contributed by atoms with E-state index >= 15 is 0 Å². The van der Waals surface area contributed by atoms with E-state index in [1.165, 1.54) is 16.9 Å². The number of rotatable bonds is 2. The quantitative estimate of drug-likeness (QED) is 0.754. The minimum absolute atomic E-state index is 0.248. The highest BCUT2D eigenvalue weighted by Crippen LogP contribution is 2.27. The molecule has 0 bridgehead atoms. The standard InChI is InChI=1S/C13H10ClN3OS/c1-7-2-3-9-11(4-7)19-13(16-9)17-12(18)10-5-8(14)6-15-10/h2-6,15H,1H3,(H,16,17,18). The predicted octanol–water partition coefficient (Wildman–Crippen LogP) is 3.84. The highest BCUT2D eigenvalue weighted by Gasteiger charge is 2.11. The predicted molar refractivity (Wildman–Crippen MR) is 78.1 cm³/mol. The van der Waals surface area contributed by atoms with E-state index < -0.39 is 0 Å². The Hall–Kier alpha value is -1.85. The zero-order valence-electron chi connectivity index (χ0n) is 10.0. The summed E-state index contributed by atoms with van der Waals surface area (Å²) in [4.78, 5) is 19.1. The van der Waals surface area contributed by atoms with E-state index in [1.807, 2.05) is 25.1 Å². The third kappa shape index (κ3) is 2.47. The maximum Gasteiger partial charge on any atom is 0.273 e. The molecule has 2 aromatic heterocycles. The molecule has 0 fully saturated rings. The lowest BCUT2D eigenvalue weighted by atomic mass is 10.2. The van der Waals surface area contributed by atoms with Crippen LogP contribution in [-0.2, 0) is 0 Å². The third-order valence-electron chi connectivity index (χ3n) is 2.66. The average molecular weight is 292 g/mol. The Morgan fingerprint density at radius 1 is 1.42 bits per heavy atom. The molecule has 1 amide bonds. The molecule has 0 aliphatic rings. The van der Waals surface area contributed by atoms with Crippen molar-refractivity contribution in [3.05, 3.63) is 46.7 Å². The van der Waals surface area contributed by atoms with E-state index in [0.29, 0.717) is 15.8 Å². The number of hydrogen-bond acceptors (Lipinski definition) is 3. The van der Waals surface area contributed by atoms with Gasteiger partial charge in [0.25, 0.3) is 5.91 Å². The lowest BCUT2D eigenvalue weighted by molar-refractivity contribution is 0.102. The zero-order valence-corrected chi connectivity index (χ0v) is 11.6. The smallest absolute Gasteiger partial charge is 0.273 e. The molecule has 2 heterocycles. The van der Waals surface area contributed by atoms with E-state index in [9.17, 15) is 4.79 Å². The van der Waals surface area contributed by atoms with E-state index in [-0.39, 0.29) is 5.91 Å². The first-order valence-corrected chi connectivity index (χ1v) is 6.84. The number of nitrogens with one attached hydrogen (secondary N) is 2. The van der Waals surface area contributed by atoms with E-state index in [1.54, 1.807) is 12.3 Å². The monoisotopic (exact) mass is 291 g/mol. The lowest BCUT2D eigenvalue weighted by Crippen LogP contribution is -2.11. The van der Waals surface area contributed by atoms with Crippen LogP contribution in [0, 0.1) is 6.92 Å². The van der Waals surface area contributed by atoms with Crippen LogP contribution in [-0.4, -0.2) is 15.9 Å². The first-order chi connectivity index (χ1) is 9.11. The summed E-state index contributed by atoms with van der Waals surface area (Å²) < 4.78 is 1.06. The van der Waals surface area contributed by atoms with Gasteiger partial charge in [-0.2, -0.15) is 0 Å². The largest absolute Gasteiger partial charge is 0.356 e. The van der Waals surface area contributed by atoms with Gasteiger partial charge in [0.15, 0.2) is 5.13 Å². The number of benzene rings is 1. The van der Waals surface area contributed by atoms with Crippen LogP contribution in [0.25, 0.3) is 10.2 Å². The van der Waals surface area contributed by atoms with Gasteiger partial charge in [0.1, 0.15) is 5.69 Å². The molecule has 0 atom stereocenters. The van der Waals surface area contributed by atoms with Gasteiger partial charge in [-0.15, -0.1) is 0 Å². The molecular formula is C13H10ClN3OS. The van der Waals surface area contributed by atoms with Gasteiger partial charge in [0.2, 0.25) is 0 Å². The Morgan fingerprint density at radius 3 is 3.00 bits per heavy atom. The van der Waals surface area contributed by atoms with Gasteiger partial charge < -0.3 is 4.98 Å². The number of nitrogens with zero attached hydrogens (tertiary/aromatic N) is 1. The van der Waals surface area contributed by atoms with Crippen molar-refractivity contribution in [2.24, 2.45) is 0 Å². The maximum absolute atomic E-state index is 11.9. The fourth-order valence-corrected chi connectivity index (χ4v) is 2.87. The van der Waals surface area contributed by atoms with Crippen LogP contribution in [0.3, 0.4) is 0 Å². The van der Waals surface area contributed by atoms with E-state index in [4.69, 9.17) is 11.6 Å².